The molecule has 6 nitrogen and oxygen atoms in total. The summed E-state index contributed by atoms with van der Waals surface area (Å²) in [5.74, 6) is 0.708. The monoisotopic (exact) mass is 506 g/mol. The summed E-state index contributed by atoms with van der Waals surface area (Å²) in [5, 5.41) is 9.81. The number of rotatable bonds is 8. The number of anilines is 1. The second-order valence-electron chi connectivity index (χ2n) is 8.92. The molecule has 2 aromatic rings. The molecule has 35 heavy (non-hydrogen) atoms. The summed E-state index contributed by atoms with van der Waals surface area (Å²) in [6, 6.07) is 12.2. The molecular formula is C27H30N4O2S2. The molecule has 8 heteroatoms. The average Bonchev–Trinajstić information content (AvgIpc) is 3.48. The fourth-order valence-corrected chi connectivity index (χ4v) is 5.94. The number of hydrogen-bond acceptors (Lipinski definition) is 6. The number of aromatic nitrogens is 1. The van der Waals surface area contributed by atoms with Crippen LogP contribution in [0, 0.1) is 18.3 Å². The third-order valence-corrected chi connectivity index (χ3v) is 7.98. The molecule has 1 aromatic heterocycles. The van der Waals surface area contributed by atoms with Crippen molar-refractivity contribution in [3.8, 4) is 6.07 Å². The van der Waals surface area contributed by atoms with Gasteiger partial charge in [0, 0.05) is 31.7 Å². The Balaban J connectivity index is 1.75. The lowest BCUT2D eigenvalue weighted by Crippen LogP contribution is -2.33. The van der Waals surface area contributed by atoms with Crippen LogP contribution in [0.2, 0.25) is 0 Å². The Hall–Kier alpha value is -2.89. The van der Waals surface area contributed by atoms with E-state index >= 15 is 0 Å². The predicted molar refractivity (Wildman–Crippen MR) is 147 cm³/mol. The van der Waals surface area contributed by atoms with Crippen LogP contribution in [-0.2, 0) is 17.8 Å². The number of amides is 1. The maximum atomic E-state index is 13.4. The molecule has 4 rings (SSSR count). The van der Waals surface area contributed by atoms with Gasteiger partial charge >= 0.3 is 0 Å². The second kappa shape index (κ2) is 11.2. The largest absolute Gasteiger partial charge is 0.357 e. The van der Waals surface area contributed by atoms with Gasteiger partial charge in [0.15, 0.2) is 0 Å². The highest BCUT2D eigenvalue weighted by atomic mass is 32.2. The van der Waals surface area contributed by atoms with E-state index in [0.717, 1.165) is 62.1 Å². The topological polar surface area (TPSA) is 69.3 Å². The Morgan fingerprint density at radius 2 is 1.86 bits per heavy atom. The first-order chi connectivity index (χ1) is 17.0. The molecule has 2 aliphatic heterocycles. The minimum Gasteiger partial charge on any atom is -0.357 e. The summed E-state index contributed by atoms with van der Waals surface area (Å²) in [4.78, 5) is 31.1. The van der Waals surface area contributed by atoms with Crippen LogP contribution in [0.1, 0.15) is 54.9 Å². The highest BCUT2D eigenvalue weighted by Gasteiger charge is 2.33. The first kappa shape index (κ1) is 25.2. The zero-order valence-corrected chi connectivity index (χ0v) is 21.9. The van der Waals surface area contributed by atoms with Gasteiger partial charge in [-0.1, -0.05) is 67.7 Å². The summed E-state index contributed by atoms with van der Waals surface area (Å²) in [6.07, 6.45) is 6.48. The predicted octanol–water partition coefficient (Wildman–Crippen LogP) is 4.87. The lowest BCUT2D eigenvalue weighted by atomic mass is 10.0. The van der Waals surface area contributed by atoms with Gasteiger partial charge in [0.05, 0.1) is 4.91 Å². The fourth-order valence-electron chi connectivity index (χ4n) is 4.65. The molecule has 0 aliphatic carbocycles. The number of thioether (sulfide) groups is 1. The maximum absolute atomic E-state index is 13.4. The standard InChI is InChI=1S/C27H30N4O2S2/c1-3-4-15-30-24(29-13-8-9-14-29)21(19(2)22(18-28)25(30)32)17-23-26(33)31(27(34)35-23)16-12-20-10-6-5-7-11-20/h5-7,10-11,17H,3-4,8-9,12-16H2,1-2H3/b23-17+. The number of nitriles is 1. The zero-order valence-electron chi connectivity index (χ0n) is 20.2. The second-order valence-corrected chi connectivity index (χ2v) is 10.6. The molecule has 1 aromatic carbocycles. The maximum Gasteiger partial charge on any atom is 0.270 e. The number of nitrogens with zero attached hydrogens (tertiary/aromatic N) is 4. The molecule has 0 bridgehead atoms. The van der Waals surface area contributed by atoms with E-state index in [1.54, 1.807) is 9.47 Å². The van der Waals surface area contributed by atoms with Gasteiger partial charge in [-0.05, 0) is 49.8 Å². The molecule has 1 amide bonds. The first-order valence-corrected chi connectivity index (χ1v) is 13.4. The molecule has 0 saturated carbocycles. The lowest BCUT2D eigenvalue weighted by Gasteiger charge is -2.27. The van der Waals surface area contributed by atoms with Crippen molar-refractivity contribution in [3.63, 3.8) is 0 Å². The van der Waals surface area contributed by atoms with Gasteiger partial charge in [0.2, 0.25) is 0 Å². The van der Waals surface area contributed by atoms with Crippen LogP contribution in [0.25, 0.3) is 6.08 Å². The Morgan fingerprint density at radius 1 is 1.14 bits per heavy atom. The number of thiocarbonyl (C=S) groups is 1. The number of hydrogen-bond donors (Lipinski definition) is 0. The Bertz CT molecular complexity index is 1250. The van der Waals surface area contributed by atoms with E-state index < -0.39 is 0 Å². The van der Waals surface area contributed by atoms with Crippen molar-refractivity contribution >= 4 is 46.1 Å². The molecule has 3 heterocycles. The molecule has 0 spiro atoms. The molecule has 2 aliphatic rings. The number of pyridine rings is 1. The number of carbonyl (C=O) groups is 1. The van der Waals surface area contributed by atoms with E-state index in [1.807, 2.05) is 43.3 Å². The van der Waals surface area contributed by atoms with Gasteiger partial charge in [-0.3, -0.25) is 19.1 Å². The summed E-state index contributed by atoms with van der Waals surface area (Å²) < 4.78 is 2.29. The number of unbranched alkanes of at least 4 members (excludes halogenated alkanes) is 1. The van der Waals surface area contributed by atoms with Gasteiger partial charge in [0.1, 0.15) is 21.8 Å². The van der Waals surface area contributed by atoms with Crippen LogP contribution in [0.3, 0.4) is 0 Å². The first-order valence-electron chi connectivity index (χ1n) is 12.2. The van der Waals surface area contributed by atoms with Crippen molar-refractivity contribution in [1.29, 1.82) is 5.26 Å². The summed E-state index contributed by atoms with van der Waals surface area (Å²) >= 11 is 6.85. The van der Waals surface area contributed by atoms with Gasteiger partial charge in [-0.15, -0.1) is 0 Å². The molecule has 182 valence electrons. The molecule has 0 unspecified atom stereocenters. The minimum absolute atomic E-state index is 0.118. The molecule has 2 fully saturated rings. The average molecular weight is 507 g/mol. The van der Waals surface area contributed by atoms with Crippen LogP contribution in [0.5, 0.6) is 0 Å². The zero-order chi connectivity index (χ0) is 24.9. The van der Waals surface area contributed by atoms with Gasteiger partial charge in [0.25, 0.3) is 11.5 Å². The highest BCUT2D eigenvalue weighted by Crippen LogP contribution is 2.36. The normalized spacial score (nSPS) is 17.0. The van der Waals surface area contributed by atoms with Crippen molar-refractivity contribution in [1.82, 2.24) is 9.47 Å². The van der Waals surface area contributed by atoms with Crippen molar-refractivity contribution in [2.75, 3.05) is 24.5 Å². The van der Waals surface area contributed by atoms with Gasteiger partial charge in [-0.2, -0.15) is 5.26 Å². The van der Waals surface area contributed by atoms with E-state index in [-0.39, 0.29) is 17.0 Å². The Labute approximate surface area is 216 Å². The van der Waals surface area contributed by atoms with E-state index in [2.05, 4.69) is 17.9 Å². The van der Waals surface area contributed by atoms with Crippen molar-refractivity contribution in [2.45, 2.75) is 52.5 Å². The van der Waals surface area contributed by atoms with Crippen LogP contribution in [-0.4, -0.2) is 39.3 Å². The fraction of sp³-hybridized carbons (Fsp3) is 0.407. The van der Waals surface area contributed by atoms with Crippen LogP contribution < -0.4 is 10.5 Å². The summed E-state index contributed by atoms with van der Waals surface area (Å²) in [5.41, 5.74) is 2.46. The Morgan fingerprint density at radius 3 is 2.51 bits per heavy atom. The van der Waals surface area contributed by atoms with Crippen molar-refractivity contribution in [3.05, 3.63) is 67.8 Å². The quantitative estimate of drug-likeness (QED) is 0.376. The van der Waals surface area contributed by atoms with E-state index in [0.29, 0.717) is 27.9 Å². The van der Waals surface area contributed by atoms with Gasteiger partial charge in [-0.25, -0.2) is 0 Å². The van der Waals surface area contributed by atoms with Crippen LogP contribution >= 0.6 is 24.0 Å². The minimum atomic E-state index is -0.243. The van der Waals surface area contributed by atoms with E-state index in [9.17, 15) is 14.9 Å². The molecule has 0 N–H and O–H groups in total. The summed E-state index contributed by atoms with van der Waals surface area (Å²) in [6.45, 7) is 6.68. The van der Waals surface area contributed by atoms with Gasteiger partial charge < -0.3 is 4.90 Å². The molecule has 0 radical (unpaired) electrons. The lowest BCUT2D eigenvalue weighted by molar-refractivity contribution is -0.122. The number of benzene rings is 1. The van der Waals surface area contributed by atoms with Crippen molar-refractivity contribution in [2.24, 2.45) is 0 Å². The third kappa shape index (κ3) is 5.21. The Kier molecular flexibility index (Phi) is 8.09. The highest BCUT2D eigenvalue weighted by molar-refractivity contribution is 8.26. The van der Waals surface area contributed by atoms with Crippen LogP contribution in [0.4, 0.5) is 5.82 Å². The third-order valence-electron chi connectivity index (χ3n) is 6.60. The molecule has 0 atom stereocenters. The SMILES string of the molecule is CCCCn1c(N2CCCC2)c(/C=C2/SC(=S)N(CCc3ccccc3)C2=O)c(C)c(C#N)c1=O. The smallest absolute Gasteiger partial charge is 0.270 e. The molecule has 2 saturated heterocycles. The van der Waals surface area contributed by atoms with Crippen LogP contribution in [0.15, 0.2) is 40.0 Å². The van der Waals surface area contributed by atoms with Crippen molar-refractivity contribution < 1.29 is 4.79 Å². The van der Waals surface area contributed by atoms with E-state index in [1.165, 1.54) is 11.8 Å². The molecular weight excluding hydrogens is 476 g/mol. The number of carbonyl (C=O) groups excluding carboxylic acids is 1. The van der Waals surface area contributed by atoms with E-state index in [4.69, 9.17) is 12.2 Å². The summed E-state index contributed by atoms with van der Waals surface area (Å²) in [7, 11) is 0.